The summed E-state index contributed by atoms with van der Waals surface area (Å²) in [4.78, 5) is 38.4. The zero-order chi connectivity index (χ0) is 55.7. The second kappa shape index (κ2) is 66.4. The number of unbranched alkanes of at least 4 members (excludes halogenated alkanes) is 50. The van der Waals surface area contributed by atoms with Gasteiger partial charge in [0.15, 0.2) is 6.10 Å². The fourth-order valence-electron chi connectivity index (χ4n) is 10.7. The molecule has 0 spiro atoms. The van der Waals surface area contributed by atoms with E-state index in [1.807, 2.05) is 0 Å². The molecule has 1 atom stereocenters. The van der Waals surface area contributed by atoms with Crippen molar-refractivity contribution in [1.82, 2.24) is 0 Å². The quantitative estimate of drug-likeness (QED) is 0.0261. The Morgan fingerprint density at radius 3 is 0.649 bits per heavy atom. The standard InChI is InChI=1S/C71H134O6/c1-4-7-10-13-16-19-22-25-28-30-31-32-33-34-35-36-37-38-39-40-42-43-46-49-52-55-58-61-64-70(73)76-67-68(66-75-69(72)63-60-57-54-51-48-45-27-24-21-18-15-12-9-6-3)77-71(74)65-62-59-56-53-50-47-44-41-29-26-23-20-17-14-11-8-5-2/h24,26-27,29,68H,4-23,25,28,30-67H2,1-3H3/b27-24-,29-26-. The van der Waals surface area contributed by atoms with Crippen molar-refractivity contribution in [2.24, 2.45) is 0 Å². The molecule has 0 aliphatic rings. The molecular formula is C71H134O6. The Hall–Kier alpha value is -2.11. The van der Waals surface area contributed by atoms with E-state index in [9.17, 15) is 14.4 Å². The Morgan fingerprint density at radius 1 is 0.247 bits per heavy atom. The molecule has 1 unspecified atom stereocenters. The number of allylic oxidation sites excluding steroid dienone is 4. The molecule has 6 nitrogen and oxygen atoms in total. The van der Waals surface area contributed by atoms with Crippen molar-refractivity contribution >= 4 is 17.9 Å². The molecule has 0 saturated heterocycles. The van der Waals surface area contributed by atoms with E-state index in [0.717, 1.165) is 64.2 Å². The maximum atomic E-state index is 12.9. The SMILES string of the molecule is CCCCCCC/C=C\CCCCCCCC(=O)OCC(COC(=O)CCCCCCCCCCCCCCCCCCCCCCCCCCCCCC)OC(=O)CCCCCCCCC/C=C\CCCCCCCC. The number of ether oxygens (including phenoxy) is 3. The lowest BCUT2D eigenvalue weighted by Gasteiger charge is -2.18. The van der Waals surface area contributed by atoms with Crippen molar-refractivity contribution < 1.29 is 28.6 Å². The van der Waals surface area contributed by atoms with Crippen LogP contribution in [0.2, 0.25) is 0 Å². The molecule has 0 saturated carbocycles. The summed E-state index contributed by atoms with van der Waals surface area (Å²) in [6, 6.07) is 0. The molecule has 454 valence electrons. The van der Waals surface area contributed by atoms with Gasteiger partial charge in [0, 0.05) is 19.3 Å². The summed E-state index contributed by atoms with van der Waals surface area (Å²) in [5.74, 6) is -0.856. The minimum Gasteiger partial charge on any atom is -0.462 e. The van der Waals surface area contributed by atoms with E-state index in [0.29, 0.717) is 19.3 Å². The predicted octanol–water partition coefficient (Wildman–Crippen LogP) is 23.8. The Labute approximate surface area is 481 Å². The van der Waals surface area contributed by atoms with Crippen molar-refractivity contribution in [1.29, 1.82) is 0 Å². The van der Waals surface area contributed by atoms with Gasteiger partial charge in [0.1, 0.15) is 13.2 Å². The van der Waals surface area contributed by atoms with Gasteiger partial charge in [0.2, 0.25) is 0 Å². The number of hydrogen-bond donors (Lipinski definition) is 0. The first-order valence-corrected chi connectivity index (χ1v) is 34.8. The molecule has 0 radical (unpaired) electrons. The minimum absolute atomic E-state index is 0.0705. The van der Waals surface area contributed by atoms with Crippen LogP contribution >= 0.6 is 0 Å². The van der Waals surface area contributed by atoms with Gasteiger partial charge in [-0.25, -0.2) is 0 Å². The Bertz CT molecular complexity index is 1240. The smallest absolute Gasteiger partial charge is 0.306 e. The first-order chi connectivity index (χ1) is 38.0. The lowest BCUT2D eigenvalue weighted by atomic mass is 10.0. The number of esters is 3. The number of hydrogen-bond acceptors (Lipinski definition) is 6. The van der Waals surface area contributed by atoms with Gasteiger partial charge in [-0.05, 0) is 70.6 Å². The van der Waals surface area contributed by atoms with Gasteiger partial charge in [-0.1, -0.05) is 328 Å². The summed E-state index contributed by atoms with van der Waals surface area (Å²) < 4.78 is 17.0. The summed E-state index contributed by atoms with van der Waals surface area (Å²) in [6.45, 7) is 6.69. The zero-order valence-corrected chi connectivity index (χ0v) is 52.3. The van der Waals surface area contributed by atoms with Crippen LogP contribution in [0, 0.1) is 0 Å². The van der Waals surface area contributed by atoms with Crippen molar-refractivity contribution in [3.8, 4) is 0 Å². The van der Waals surface area contributed by atoms with Gasteiger partial charge in [-0.3, -0.25) is 14.4 Å². The van der Waals surface area contributed by atoms with Crippen LogP contribution in [0.15, 0.2) is 24.3 Å². The van der Waals surface area contributed by atoms with E-state index in [1.165, 1.54) is 289 Å². The van der Waals surface area contributed by atoms with E-state index in [-0.39, 0.29) is 31.1 Å². The van der Waals surface area contributed by atoms with Crippen molar-refractivity contribution in [2.45, 2.75) is 399 Å². The third-order valence-electron chi connectivity index (χ3n) is 15.9. The van der Waals surface area contributed by atoms with Crippen LogP contribution in [0.25, 0.3) is 0 Å². The molecule has 77 heavy (non-hydrogen) atoms. The molecule has 6 heteroatoms. The van der Waals surface area contributed by atoms with Crippen LogP contribution in [0.5, 0.6) is 0 Å². The molecule has 0 aliphatic carbocycles. The summed E-state index contributed by atoms with van der Waals surface area (Å²) >= 11 is 0. The maximum absolute atomic E-state index is 12.9. The van der Waals surface area contributed by atoms with E-state index in [2.05, 4.69) is 45.1 Å². The highest BCUT2D eigenvalue weighted by atomic mass is 16.6. The van der Waals surface area contributed by atoms with Crippen LogP contribution < -0.4 is 0 Å². The van der Waals surface area contributed by atoms with Gasteiger partial charge in [-0.2, -0.15) is 0 Å². The summed E-state index contributed by atoms with van der Waals surface area (Å²) in [5.41, 5.74) is 0. The normalized spacial score (nSPS) is 12.1. The average Bonchev–Trinajstić information content (AvgIpc) is 3.43. The molecule has 0 aromatic heterocycles. The molecule has 0 N–H and O–H groups in total. The highest BCUT2D eigenvalue weighted by Crippen LogP contribution is 2.18. The van der Waals surface area contributed by atoms with Gasteiger partial charge in [0.25, 0.3) is 0 Å². The fourth-order valence-corrected chi connectivity index (χ4v) is 10.7. The highest BCUT2D eigenvalue weighted by Gasteiger charge is 2.19. The Morgan fingerprint density at radius 2 is 0.429 bits per heavy atom. The monoisotopic (exact) mass is 1080 g/mol. The summed E-state index contributed by atoms with van der Waals surface area (Å²) in [5, 5.41) is 0. The Balaban J connectivity index is 4.19. The van der Waals surface area contributed by atoms with Crippen LogP contribution in [-0.4, -0.2) is 37.2 Å². The van der Waals surface area contributed by atoms with Crippen molar-refractivity contribution in [3.63, 3.8) is 0 Å². The number of rotatable bonds is 65. The van der Waals surface area contributed by atoms with E-state index >= 15 is 0 Å². The number of carbonyl (C=O) groups is 3. The largest absolute Gasteiger partial charge is 0.462 e. The molecule has 0 fully saturated rings. The third kappa shape index (κ3) is 64.6. The minimum atomic E-state index is -0.775. The van der Waals surface area contributed by atoms with Crippen molar-refractivity contribution in [2.75, 3.05) is 13.2 Å². The molecule has 0 amide bonds. The molecular weight excluding hydrogens is 949 g/mol. The topological polar surface area (TPSA) is 78.9 Å². The zero-order valence-electron chi connectivity index (χ0n) is 52.3. The molecule has 0 aromatic rings. The van der Waals surface area contributed by atoms with Gasteiger partial charge < -0.3 is 14.2 Å². The maximum Gasteiger partial charge on any atom is 0.306 e. The highest BCUT2D eigenvalue weighted by molar-refractivity contribution is 5.71. The fraction of sp³-hybridized carbons (Fsp3) is 0.901. The molecule has 0 aromatic carbocycles. The molecule has 0 aliphatic heterocycles. The summed E-state index contributed by atoms with van der Waals surface area (Å²) in [6.07, 6.45) is 80.7. The van der Waals surface area contributed by atoms with Crippen LogP contribution in [-0.2, 0) is 28.6 Å². The van der Waals surface area contributed by atoms with Gasteiger partial charge >= 0.3 is 17.9 Å². The first kappa shape index (κ1) is 74.9. The van der Waals surface area contributed by atoms with Crippen LogP contribution in [0.1, 0.15) is 393 Å². The lowest BCUT2D eigenvalue weighted by molar-refractivity contribution is -0.167. The molecule has 0 bridgehead atoms. The predicted molar refractivity (Wildman–Crippen MR) is 335 cm³/mol. The van der Waals surface area contributed by atoms with E-state index < -0.39 is 6.10 Å². The van der Waals surface area contributed by atoms with Gasteiger partial charge in [0.05, 0.1) is 0 Å². The number of carbonyl (C=O) groups excluding carboxylic acids is 3. The van der Waals surface area contributed by atoms with Gasteiger partial charge in [-0.15, -0.1) is 0 Å². The average molecular weight is 1080 g/mol. The van der Waals surface area contributed by atoms with E-state index in [1.54, 1.807) is 0 Å². The molecule has 0 rings (SSSR count). The van der Waals surface area contributed by atoms with E-state index in [4.69, 9.17) is 14.2 Å². The lowest BCUT2D eigenvalue weighted by Crippen LogP contribution is -2.30. The second-order valence-corrected chi connectivity index (χ2v) is 23.8. The van der Waals surface area contributed by atoms with Crippen LogP contribution in [0.3, 0.4) is 0 Å². The van der Waals surface area contributed by atoms with Crippen LogP contribution in [0.4, 0.5) is 0 Å². The first-order valence-electron chi connectivity index (χ1n) is 34.8. The summed E-state index contributed by atoms with van der Waals surface area (Å²) in [7, 11) is 0. The second-order valence-electron chi connectivity index (χ2n) is 23.8. The third-order valence-corrected chi connectivity index (χ3v) is 15.9. The van der Waals surface area contributed by atoms with Crippen molar-refractivity contribution in [3.05, 3.63) is 24.3 Å². The Kier molecular flexibility index (Phi) is 64.6. The molecule has 0 heterocycles.